The van der Waals surface area contributed by atoms with Crippen molar-refractivity contribution in [2.45, 2.75) is 19.4 Å². The average molecular weight is 466 g/mol. The highest BCUT2D eigenvalue weighted by molar-refractivity contribution is 7.88. The third-order valence-corrected chi connectivity index (χ3v) is 8.54. The molecule has 9 heteroatoms. The number of amides is 1. The average Bonchev–Trinajstić information content (AvgIpc) is 3.22. The summed E-state index contributed by atoms with van der Waals surface area (Å²) in [5.41, 5.74) is 0.635. The summed E-state index contributed by atoms with van der Waals surface area (Å²) in [4.78, 5) is 19.2. The van der Waals surface area contributed by atoms with Crippen LogP contribution in [0.2, 0.25) is 0 Å². The molecule has 4 rings (SSSR count). The third kappa shape index (κ3) is 5.34. The van der Waals surface area contributed by atoms with Crippen LogP contribution >= 0.6 is 11.3 Å². The molecular formula is C22H28FN3O3S2. The maximum atomic E-state index is 14.0. The first kappa shape index (κ1) is 22.4. The van der Waals surface area contributed by atoms with Crippen LogP contribution in [0.25, 0.3) is 10.4 Å². The summed E-state index contributed by atoms with van der Waals surface area (Å²) in [6, 6.07) is 10.9. The molecule has 168 valence electrons. The summed E-state index contributed by atoms with van der Waals surface area (Å²) in [6.45, 7) is 4.65. The predicted molar refractivity (Wildman–Crippen MR) is 121 cm³/mol. The number of sulfonamides is 1. The van der Waals surface area contributed by atoms with Crippen LogP contribution in [0.5, 0.6) is 0 Å². The Morgan fingerprint density at radius 1 is 1.03 bits per heavy atom. The second kappa shape index (κ2) is 9.36. The van der Waals surface area contributed by atoms with E-state index >= 15 is 0 Å². The number of rotatable bonds is 5. The molecular weight excluding hydrogens is 437 g/mol. The van der Waals surface area contributed by atoms with Gasteiger partial charge in [-0.25, -0.2) is 17.1 Å². The number of carbonyl (C=O) groups excluding carboxylic acids is 1. The van der Waals surface area contributed by atoms with Crippen LogP contribution in [-0.4, -0.2) is 74.0 Å². The number of piperidine rings is 1. The van der Waals surface area contributed by atoms with Gasteiger partial charge in [0.25, 0.3) is 0 Å². The number of hydrogen-bond acceptors (Lipinski definition) is 5. The van der Waals surface area contributed by atoms with E-state index in [-0.39, 0.29) is 17.6 Å². The van der Waals surface area contributed by atoms with Crippen molar-refractivity contribution in [3.63, 3.8) is 0 Å². The van der Waals surface area contributed by atoms with Crippen molar-refractivity contribution in [1.29, 1.82) is 0 Å². The summed E-state index contributed by atoms with van der Waals surface area (Å²) in [5.74, 6) is -0.124. The Kier molecular flexibility index (Phi) is 6.76. The molecule has 0 saturated carbocycles. The van der Waals surface area contributed by atoms with E-state index in [9.17, 15) is 17.6 Å². The van der Waals surface area contributed by atoms with Gasteiger partial charge in [-0.2, -0.15) is 0 Å². The number of nitrogens with zero attached hydrogens (tertiary/aromatic N) is 3. The Morgan fingerprint density at radius 3 is 2.35 bits per heavy atom. The van der Waals surface area contributed by atoms with E-state index in [0.717, 1.165) is 24.5 Å². The highest BCUT2D eigenvalue weighted by Gasteiger charge is 2.32. The third-order valence-electron chi connectivity index (χ3n) is 6.14. The Hall–Kier alpha value is -1.81. The van der Waals surface area contributed by atoms with E-state index < -0.39 is 10.0 Å². The van der Waals surface area contributed by atoms with Crippen molar-refractivity contribution >= 4 is 27.3 Å². The molecule has 2 aromatic rings. The minimum atomic E-state index is -3.17. The monoisotopic (exact) mass is 465 g/mol. The fourth-order valence-electron chi connectivity index (χ4n) is 4.31. The van der Waals surface area contributed by atoms with E-state index in [4.69, 9.17) is 0 Å². The van der Waals surface area contributed by atoms with Crippen LogP contribution in [0.1, 0.15) is 17.7 Å². The van der Waals surface area contributed by atoms with Gasteiger partial charge in [-0.05, 0) is 31.0 Å². The Labute approximate surface area is 187 Å². The molecule has 1 amide bonds. The zero-order valence-electron chi connectivity index (χ0n) is 17.7. The van der Waals surface area contributed by atoms with Crippen LogP contribution in [0.15, 0.2) is 36.4 Å². The molecule has 0 unspecified atom stereocenters. The first-order chi connectivity index (χ1) is 14.8. The normalized spacial score (nSPS) is 19.6. The number of piperazine rings is 1. The molecule has 0 radical (unpaired) electrons. The van der Waals surface area contributed by atoms with Gasteiger partial charge in [-0.3, -0.25) is 9.69 Å². The van der Waals surface area contributed by atoms with Crippen molar-refractivity contribution in [1.82, 2.24) is 14.1 Å². The largest absolute Gasteiger partial charge is 0.340 e. The van der Waals surface area contributed by atoms with E-state index in [1.807, 2.05) is 17.0 Å². The first-order valence-electron chi connectivity index (χ1n) is 10.6. The van der Waals surface area contributed by atoms with E-state index in [1.165, 1.54) is 21.5 Å². The molecule has 0 N–H and O–H groups in total. The van der Waals surface area contributed by atoms with Gasteiger partial charge in [-0.15, -0.1) is 11.3 Å². The summed E-state index contributed by atoms with van der Waals surface area (Å²) >= 11 is 1.61. The molecule has 0 aliphatic carbocycles. The van der Waals surface area contributed by atoms with Crippen molar-refractivity contribution < 1.29 is 17.6 Å². The molecule has 2 aliphatic heterocycles. The highest BCUT2D eigenvalue weighted by Crippen LogP contribution is 2.31. The minimum absolute atomic E-state index is 0.0785. The van der Waals surface area contributed by atoms with Gasteiger partial charge in [0.15, 0.2) is 0 Å². The van der Waals surface area contributed by atoms with Crippen LogP contribution in [0.4, 0.5) is 4.39 Å². The van der Waals surface area contributed by atoms with Gasteiger partial charge in [0.1, 0.15) is 5.82 Å². The zero-order valence-corrected chi connectivity index (χ0v) is 19.3. The number of carbonyl (C=O) groups is 1. The Bertz CT molecular complexity index is 1020. The van der Waals surface area contributed by atoms with Gasteiger partial charge < -0.3 is 4.90 Å². The highest BCUT2D eigenvalue weighted by atomic mass is 32.2. The molecule has 0 atom stereocenters. The molecule has 1 aromatic carbocycles. The number of thiophene rings is 1. The number of halogens is 1. The Morgan fingerprint density at radius 2 is 1.71 bits per heavy atom. The lowest BCUT2D eigenvalue weighted by Gasteiger charge is -2.38. The quantitative estimate of drug-likeness (QED) is 0.681. The lowest BCUT2D eigenvalue weighted by Crippen LogP contribution is -2.51. The van der Waals surface area contributed by atoms with Crippen molar-refractivity contribution in [2.24, 2.45) is 5.92 Å². The fourth-order valence-corrected chi connectivity index (χ4v) is 6.26. The summed E-state index contributed by atoms with van der Waals surface area (Å²) in [6.07, 6.45) is 2.42. The van der Waals surface area contributed by atoms with Crippen LogP contribution in [0.3, 0.4) is 0 Å². The smallest absolute Gasteiger partial charge is 0.225 e. The van der Waals surface area contributed by atoms with E-state index in [2.05, 4.69) is 11.0 Å². The summed E-state index contributed by atoms with van der Waals surface area (Å²) in [5, 5.41) is 0. The molecule has 2 fully saturated rings. The molecule has 3 heterocycles. The van der Waals surface area contributed by atoms with Gasteiger partial charge >= 0.3 is 0 Å². The standard InChI is InChI=1S/C22H28FN3O3S2/c1-31(28,29)26-10-8-17(9-11-26)22(27)25-14-12-24(13-15-25)16-18-6-7-21(30-18)19-4-2-3-5-20(19)23/h2-7,17H,8-16H2,1H3. The second-order valence-electron chi connectivity index (χ2n) is 8.28. The fraction of sp³-hybridized carbons (Fsp3) is 0.500. The first-order valence-corrected chi connectivity index (χ1v) is 13.3. The molecule has 0 bridgehead atoms. The van der Waals surface area contributed by atoms with Gasteiger partial charge in [0.05, 0.1) is 6.26 Å². The van der Waals surface area contributed by atoms with Crippen molar-refractivity contribution in [3.8, 4) is 10.4 Å². The van der Waals surface area contributed by atoms with E-state index in [0.29, 0.717) is 44.6 Å². The number of hydrogen-bond donors (Lipinski definition) is 0. The molecule has 2 aliphatic rings. The second-order valence-corrected chi connectivity index (χ2v) is 11.4. The topological polar surface area (TPSA) is 60.9 Å². The van der Waals surface area contributed by atoms with Crippen molar-refractivity contribution in [2.75, 3.05) is 45.5 Å². The predicted octanol–water partition coefficient (Wildman–Crippen LogP) is 2.87. The van der Waals surface area contributed by atoms with Crippen LogP contribution in [0, 0.1) is 11.7 Å². The Balaban J connectivity index is 1.27. The van der Waals surface area contributed by atoms with Crippen molar-refractivity contribution in [3.05, 3.63) is 47.1 Å². The number of benzene rings is 1. The molecule has 0 spiro atoms. The summed E-state index contributed by atoms with van der Waals surface area (Å²) < 4.78 is 38.8. The maximum Gasteiger partial charge on any atom is 0.225 e. The molecule has 6 nitrogen and oxygen atoms in total. The molecule has 1 aromatic heterocycles. The SMILES string of the molecule is CS(=O)(=O)N1CCC(C(=O)N2CCN(Cc3ccc(-c4ccccc4F)s3)CC2)CC1. The maximum absolute atomic E-state index is 14.0. The molecule has 31 heavy (non-hydrogen) atoms. The van der Waals surface area contributed by atoms with Crippen LogP contribution in [-0.2, 0) is 21.4 Å². The lowest BCUT2D eigenvalue weighted by molar-refractivity contribution is -0.138. The molecule has 2 saturated heterocycles. The van der Waals surface area contributed by atoms with Crippen LogP contribution < -0.4 is 0 Å². The van der Waals surface area contributed by atoms with Gasteiger partial charge in [0.2, 0.25) is 15.9 Å². The van der Waals surface area contributed by atoms with E-state index in [1.54, 1.807) is 23.5 Å². The van der Waals surface area contributed by atoms with Gasteiger partial charge in [-0.1, -0.05) is 18.2 Å². The lowest BCUT2D eigenvalue weighted by atomic mass is 9.96. The zero-order chi connectivity index (χ0) is 22.0. The minimum Gasteiger partial charge on any atom is -0.340 e. The summed E-state index contributed by atoms with van der Waals surface area (Å²) in [7, 11) is -3.17. The van der Waals surface area contributed by atoms with Gasteiger partial charge in [0, 0.05) is 67.0 Å².